The zero-order valence-corrected chi connectivity index (χ0v) is 12.5. The normalized spacial score (nSPS) is 11.1. The predicted octanol–water partition coefficient (Wildman–Crippen LogP) is 1.42. The molecule has 0 unspecified atom stereocenters. The van der Waals surface area contributed by atoms with Crippen LogP contribution in [0, 0.1) is 0 Å². The molecule has 0 fully saturated rings. The lowest BCUT2D eigenvalue weighted by atomic mass is 9.96. The molecule has 112 valence electrons. The van der Waals surface area contributed by atoms with Gasteiger partial charge >= 0.3 is 5.97 Å². The fourth-order valence-electron chi connectivity index (χ4n) is 1.47. The number of aromatic nitrogens is 2. The fourth-order valence-corrected chi connectivity index (χ4v) is 1.47. The average molecular weight is 281 g/mol. The maximum absolute atomic E-state index is 11.3. The standard InChI is InChI=1S/C13H23N5O2/c1-5-20-11(19)6-7-15-9-8-10(18-14)17-12(16-9)13(2,3)4/h8H,5-7,14H2,1-4H3,(H2,15,16,17,18). The first-order chi connectivity index (χ1) is 9.36. The molecule has 7 heteroatoms. The lowest BCUT2D eigenvalue weighted by Gasteiger charge is -2.18. The Morgan fingerprint density at radius 2 is 2.00 bits per heavy atom. The van der Waals surface area contributed by atoms with Crippen molar-refractivity contribution in [1.29, 1.82) is 0 Å². The SMILES string of the molecule is CCOC(=O)CCNc1cc(NN)nc(C(C)(C)C)n1. The van der Waals surface area contributed by atoms with Crippen LogP contribution in [-0.4, -0.2) is 29.1 Å². The third kappa shape index (κ3) is 5.00. The highest BCUT2D eigenvalue weighted by Crippen LogP contribution is 2.21. The molecular formula is C13H23N5O2. The molecule has 0 aliphatic carbocycles. The van der Waals surface area contributed by atoms with Gasteiger partial charge in [0.25, 0.3) is 0 Å². The highest BCUT2D eigenvalue weighted by atomic mass is 16.5. The number of hydrogen-bond donors (Lipinski definition) is 3. The number of nitrogen functional groups attached to an aromatic ring is 1. The number of nitrogens with two attached hydrogens (primary N) is 1. The third-order valence-corrected chi connectivity index (χ3v) is 2.49. The first-order valence-electron chi connectivity index (χ1n) is 6.62. The van der Waals surface area contributed by atoms with Crippen LogP contribution in [0.5, 0.6) is 0 Å². The van der Waals surface area contributed by atoms with E-state index >= 15 is 0 Å². The van der Waals surface area contributed by atoms with E-state index in [1.165, 1.54) is 0 Å². The number of esters is 1. The topological polar surface area (TPSA) is 102 Å². The monoisotopic (exact) mass is 281 g/mol. The molecule has 1 aromatic heterocycles. The Morgan fingerprint density at radius 1 is 1.35 bits per heavy atom. The van der Waals surface area contributed by atoms with Crippen LogP contribution in [0.2, 0.25) is 0 Å². The van der Waals surface area contributed by atoms with E-state index in [1.807, 2.05) is 20.8 Å². The predicted molar refractivity (Wildman–Crippen MR) is 78.3 cm³/mol. The number of nitrogens with one attached hydrogen (secondary N) is 2. The minimum Gasteiger partial charge on any atom is -0.466 e. The molecule has 0 saturated carbocycles. The van der Waals surface area contributed by atoms with E-state index in [9.17, 15) is 4.79 Å². The Balaban J connectivity index is 2.72. The molecular weight excluding hydrogens is 258 g/mol. The van der Waals surface area contributed by atoms with E-state index in [2.05, 4.69) is 20.7 Å². The Kier molecular flexibility index (Phi) is 5.69. The Hall–Kier alpha value is -1.89. The quantitative estimate of drug-likeness (QED) is 0.412. The molecule has 0 radical (unpaired) electrons. The Morgan fingerprint density at radius 3 is 2.55 bits per heavy atom. The average Bonchev–Trinajstić information content (AvgIpc) is 2.37. The van der Waals surface area contributed by atoms with Crippen LogP contribution in [0.25, 0.3) is 0 Å². The van der Waals surface area contributed by atoms with Gasteiger partial charge in [0.1, 0.15) is 17.5 Å². The highest BCUT2D eigenvalue weighted by Gasteiger charge is 2.19. The van der Waals surface area contributed by atoms with Crippen LogP contribution < -0.4 is 16.6 Å². The van der Waals surface area contributed by atoms with Crippen LogP contribution in [-0.2, 0) is 14.9 Å². The van der Waals surface area contributed by atoms with E-state index < -0.39 is 0 Å². The smallest absolute Gasteiger partial charge is 0.307 e. The molecule has 7 nitrogen and oxygen atoms in total. The third-order valence-electron chi connectivity index (χ3n) is 2.49. The summed E-state index contributed by atoms with van der Waals surface area (Å²) in [5, 5.41) is 3.07. The van der Waals surface area contributed by atoms with Gasteiger partial charge in [-0.3, -0.25) is 4.79 Å². The molecule has 1 aromatic rings. The van der Waals surface area contributed by atoms with Crippen LogP contribution in [0.15, 0.2) is 6.07 Å². The number of hydrogen-bond acceptors (Lipinski definition) is 7. The Labute approximate surface area is 119 Å². The van der Waals surface area contributed by atoms with Crippen LogP contribution in [0.3, 0.4) is 0 Å². The van der Waals surface area contributed by atoms with Gasteiger partial charge in [0, 0.05) is 18.0 Å². The number of ether oxygens (including phenoxy) is 1. The summed E-state index contributed by atoms with van der Waals surface area (Å²) in [6, 6.07) is 1.69. The van der Waals surface area contributed by atoms with Gasteiger partial charge in [-0.05, 0) is 6.92 Å². The van der Waals surface area contributed by atoms with E-state index in [-0.39, 0.29) is 17.8 Å². The maximum atomic E-state index is 11.3. The first-order valence-corrected chi connectivity index (χ1v) is 6.62. The van der Waals surface area contributed by atoms with Gasteiger partial charge in [-0.1, -0.05) is 20.8 Å². The van der Waals surface area contributed by atoms with E-state index in [0.29, 0.717) is 30.6 Å². The summed E-state index contributed by atoms with van der Waals surface area (Å²) in [7, 11) is 0. The lowest BCUT2D eigenvalue weighted by molar-refractivity contribution is -0.142. The van der Waals surface area contributed by atoms with Gasteiger partial charge in [0.15, 0.2) is 0 Å². The van der Waals surface area contributed by atoms with Gasteiger partial charge in [0.2, 0.25) is 0 Å². The minimum atomic E-state index is -0.234. The first kappa shape index (κ1) is 16.2. The number of nitrogens with zero attached hydrogens (tertiary/aromatic N) is 2. The van der Waals surface area contributed by atoms with Crippen molar-refractivity contribution in [3.8, 4) is 0 Å². The van der Waals surface area contributed by atoms with Crippen molar-refractivity contribution in [1.82, 2.24) is 9.97 Å². The molecule has 0 spiro atoms. The van der Waals surface area contributed by atoms with Gasteiger partial charge in [-0.25, -0.2) is 15.8 Å². The second-order valence-electron chi connectivity index (χ2n) is 5.34. The van der Waals surface area contributed by atoms with Crippen LogP contribution in [0.4, 0.5) is 11.6 Å². The van der Waals surface area contributed by atoms with Crippen molar-refractivity contribution in [2.75, 3.05) is 23.9 Å². The number of carbonyl (C=O) groups excluding carboxylic acids is 1. The molecule has 0 aliphatic heterocycles. The van der Waals surface area contributed by atoms with Crippen molar-refractivity contribution in [2.24, 2.45) is 5.84 Å². The van der Waals surface area contributed by atoms with Crippen LogP contribution >= 0.6 is 0 Å². The Bertz CT molecular complexity index is 457. The maximum Gasteiger partial charge on any atom is 0.307 e. The summed E-state index contributed by atoms with van der Waals surface area (Å²) >= 11 is 0. The summed E-state index contributed by atoms with van der Waals surface area (Å²) in [6.45, 7) is 8.68. The molecule has 1 heterocycles. The van der Waals surface area contributed by atoms with Gasteiger partial charge in [-0.15, -0.1) is 0 Å². The molecule has 20 heavy (non-hydrogen) atoms. The fraction of sp³-hybridized carbons (Fsp3) is 0.615. The summed E-state index contributed by atoms with van der Waals surface area (Å²) in [5.41, 5.74) is 2.33. The number of rotatable bonds is 6. The van der Waals surface area contributed by atoms with Crippen LogP contribution in [0.1, 0.15) is 39.9 Å². The van der Waals surface area contributed by atoms with E-state index in [0.717, 1.165) is 0 Å². The molecule has 4 N–H and O–H groups in total. The van der Waals surface area contributed by atoms with Crippen molar-refractivity contribution >= 4 is 17.6 Å². The van der Waals surface area contributed by atoms with Gasteiger partial charge in [-0.2, -0.15) is 0 Å². The molecule has 0 bridgehead atoms. The summed E-state index contributed by atoms with van der Waals surface area (Å²) in [6.07, 6.45) is 0.286. The molecule has 0 atom stereocenters. The van der Waals surface area contributed by atoms with Crippen molar-refractivity contribution in [3.63, 3.8) is 0 Å². The van der Waals surface area contributed by atoms with Crippen molar-refractivity contribution in [3.05, 3.63) is 11.9 Å². The molecule has 1 rings (SSSR count). The molecule has 0 aliphatic rings. The van der Waals surface area contributed by atoms with E-state index in [1.54, 1.807) is 13.0 Å². The second kappa shape index (κ2) is 7.04. The summed E-state index contributed by atoms with van der Waals surface area (Å²) < 4.78 is 4.86. The zero-order chi connectivity index (χ0) is 15.2. The molecule has 0 amide bonds. The number of carbonyl (C=O) groups is 1. The van der Waals surface area contributed by atoms with Gasteiger partial charge < -0.3 is 15.5 Å². The van der Waals surface area contributed by atoms with E-state index in [4.69, 9.17) is 10.6 Å². The number of hydrazine groups is 1. The highest BCUT2D eigenvalue weighted by molar-refractivity contribution is 5.70. The zero-order valence-electron chi connectivity index (χ0n) is 12.5. The summed E-state index contributed by atoms with van der Waals surface area (Å²) in [4.78, 5) is 20.0. The number of anilines is 2. The van der Waals surface area contributed by atoms with Crippen molar-refractivity contribution < 1.29 is 9.53 Å². The van der Waals surface area contributed by atoms with Crippen molar-refractivity contribution in [2.45, 2.75) is 39.5 Å². The largest absolute Gasteiger partial charge is 0.466 e. The lowest BCUT2D eigenvalue weighted by Crippen LogP contribution is -2.20. The molecule has 0 saturated heterocycles. The molecule has 0 aromatic carbocycles. The van der Waals surface area contributed by atoms with Gasteiger partial charge in [0.05, 0.1) is 13.0 Å². The summed E-state index contributed by atoms with van der Waals surface area (Å²) in [5.74, 6) is 7.00. The second-order valence-corrected chi connectivity index (χ2v) is 5.34. The minimum absolute atomic E-state index is 0.190.